The van der Waals surface area contributed by atoms with Gasteiger partial charge in [0, 0.05) is 13.6 Å². The lowest BCUT2D eigenvalue weighted by atomic mass is 10.1. The first kappa shape index (κ1) is 18.6. The highest BCUT2D eigenvalue weighted by atomic mass is 32.2. The summed E-state index contributed by atoms with van der Waals surface area (Å²) in [4.78, 5) is 25.1. The third-order valence-electron chi connectivity index (χ3n) is 3.01. The second kappa shape index (κ2) is 9.57. The highest BCUT2D eigenvalue weighted by molar-refractivity contribution is 7.61. The first-order valence-electron chi connectivity index (χ1n) is 6.89. The summed E-state index contributed by atoms with van der Waals surface area (Å²) >= 11 is 0. The summed E-state index contributed by atoms with van der Waals surface area (Å²) < 4.78 is 29.0. The van der Waals surface area contributed by atoms with Crippen molar-refractivity contribution in [1.82, 2.24) is 10.2 Å². The van der Waals surface area contributed by atoms with E-state index in [1.807, 2.05) is 0 Å². The second-order valence-corrected chi connectivity index (χ2v) is 5.24. The zero-order chi connectivity index (χ0) is 17.2. The van der Waals surface area contributed by atoms with Crippen LogP contribution in [0, 0.1) is 0 Å². The van der Waals surface area contributed by atoms with E-state index >= 15 is 0 Å². The van der Waals surface area contributed by atoms with E-state index in [9.17, 15) is 18.0 Å². The minimum absolute atomic E-state index is 0.0272. The van der Waals surface area contributed by atoms with Gasteiger partial charge in [-0.1, -0.05) is 12.1 Å². The van der Waals surface area contributed by atoms with E-state index in [0.717, 1.165) is 10.5 Å². The molecule has 23 heavy (non-hydrogen) atoms. The van der Waals surface area contributed by atoms with Crippen molar-refractivity contribution in [2.75, 3.05) is 27.2 Å². The molecule has 9 heteroatoms. The first-order valence-corrected chi connectivity index (χ1v) is 7.93. The number of amides is 3. The molecule has 1 rings (SSSR count). The Morgan fingerprint density at radius 3 is 2.43 bits per heavy atom. The molecule has 0 aliphatic rings. The average molecular weight is 341 g/mol. The van der Waals surface area contributed by atoms with Gasteiger partial charge in [-0.25, -0.2) is 4.79 Å². The third-order valence-corrected chi connectivity index (χ3v) is 3.40. The van der Waals surface area contributed by atoms with E-state index in [1.54, 1.807) is 31.4 Å². The number of nitrogens with zero attached hydrogens (tertiary/aromatic N) is 2. The van der Waals surface area contributed by atoms with Gasteiger partial charge in [0.05, 0.1) is 20.1 Å². The van der Waals surface area contributed by atoms with Crippen LogP contribution in [0.25, 0.3) is 0 Å². The number of carbonyl (C=O) groups excluding carboxylic acids is 2. The van der Waals surface area contributed by atoms with Gasteiger partial charge in [-0.3, -0.25) is 9.69 Å². The summed E-state index contributed by atoms with van der Waals surface area (Å²) in [6.45, 7) is 0.120. The summed E-state index contributed by atoms with van der Waals surface area (Å²) in [7, 11) is 0.494. The van der Waals surface area contributed by atoms with Gasteiger partial charge in [-0.15, -0.1) is 0 Å². The van der Waals surface area contributed by atoms with Crippen LogP contribution in [0.15, 0.2) is 28.6 Å². The lowest BCUT2D eigenvalue weighted by Crippen LogP contribution is -2.43. The molecule has 1 aromatic carbocycles. The van der Waals surface area contributed by atoms with Crippen LogP contribution in [0.2, 0.25) is 0 Å². The number of nitrogens with one attached hydrogen (secondary N) is 1. The Balaban J connectivity index is 2.70. The summed E-state index contributed by atoms with van der Waals surface area (Å²) in [5.74, 6) is 0.300. The van der Waals surface area contributed by atoms with E-state index in [1.165, 1.54) is 7.05 Å². The van der Waals surface area contributed by atoms with Crippen molar-refractivity contribution in [3.63, 3.8) is 0 Å². The Labute approximate surface area is 136 Å². The molecular weight excluding hydrogens is 322 g/mol. The molecule has 0 aliphatic carbocycles. The van der Waals surface area contributed by atoms with Crippen molar-refractivity contribution in [1.29, 1.82) is 0 Å². The maximum Gasteiger partial charge on any atom is 0.323 e. The standard InChI is InChI=1S/C14H19N3O5S/c1-15-14(19)17(9-3-8-16-23(20)21)13(18)10-11-4-6-12(22-2)7-5-11/h4-7H,3,8-10H2,1-2H3,(H,15,19). The molecule has 0 radical (unpaired) electrons. The number of carbonyl (C=O) groups is 2. The van der Waals surface area contributed by atoms with Gasteiger partial charge in [0.25, 0.3) is 0 Å². The summed E-state index contributed by atoms with van der Waals surface area (Å²) in [6.07, 6.45) is 0.331. The molecule has 0 spiro atoms. The quantitative estimate of drug-likeness (QED) is 0.741. The number of rotatable bonds is 7. The zero-order valence-electron chi connectivity index (χ0n) is 13.0. The van der Waals surface area contributed by atoms with E-state index in [4.69, 9.17) is 4.74 Å². The van der Waals surface area contributed by atoms with Gasteiger partial charge in [0.15, 0.2) is 0 Å². The molecule has 0 saturated carbocycles. The van der Waals surface area contributed by atoms with E-state index in [2.05, 4.69) is 9.68 Å². The van der Waals surface area contributed by atoms with Crippen LogP contribution >= 0.6 is 0 Å². The number of hydrogen-bond acceptors (Lipinski definition) is 6. The Morgan fingerprint density at radius 1 is 1.26 bits per heavy atom. The summed E-state index contributed by atoms with van der Waals surface area (Å²) in [6, 6.07) is 6.42. The smallest absolute Gasteiger partial charge is 0.323 e. The Kier molecular flexibility index (Phi) is 7.75. The lowest BCUT2D eigenvalue weighted by molar-refractivity contribution is -0.127. The number of imide groups is 1. The maximum absolute atomic E-state index is 12.3. The zero-order valence-corrected chi connectivity index (χ0v) is 13.8. The molecule has 0 aliphatic heterocycles. The molecule has 0 aromatic heterocycles. The van der Waals surface area contributed by atoms with Gasteiger partial charge in [0.2, 0.25) is 5.91 Å². The van der Waals surface area contributed by atoms with Crippen molar-refractivity contribution in [3.05, 3.63) is 29.8 Å². The fourth-order valence-corrected chi connectivity index (χ4v) is 2.13. The van der Waals surface area contributed by atoms with Crippen LogP contribution in [0.3, 0.4) is 0 Å². The van der Waals surface area contributed by atoms with Crippen LogP contribution in [-0.4, -0.2) is 52.5 Å². The van der Waals surface area contributed by atoms with Gasteiger partial charge in [0.1, 0.15) is 5.75 Å². The molecule has 0 atom stereocenters. The minimum atomic E-state index is -2.48. The topological polar surface area (TPSA) is 105 Å². The summed E-state index contributed by atoms with van der Waals surface area (Å²) in [5.41, 5.74) is 0.745. The minimum Gasteiger partial charge on any atom is -0.497 e. The number of methoxy groups -OCH3 is 1. The van der Waals surface area contributed by atoms with Crippen LogP contribution < -0.4 is 10.1 Å². The van der Waals surface area contributed by atoms with Crippen LogP contribution in [-0.2, 0) is 21.7 Å². The normalized spacial score (nSPS) is 9.83. The molecule has 0 heterocycles. The SMILES string of the molecule is CNC(=O)N(CCCN=S(=O)=O)C(=O)Cc1ccc(OC)cc1. The van der Waals surface area contributed by atoms with Gasteiger partial charge in [-0.05, 0) is 24.1 Å². The highest BCUT2D eigenvalue weighted by Gasteiger charge is 2.20. The van der Waals surface area contributed by atoms with E-state index in [0.29, 0.717) is 5.75 Å². The molecule has 0 fully saturated rings. The Morgan fingerprint density at radius 2 is 1.91 bits per heavy atom. The molecule has 3 amide bonds. The van der Waals surface area contributed by atoms with Crippen LogP contribution in [0.4, 0.5) is 4.79 Å². The number of hydrogen-bond donors (Lipinski definition) is 1. The van der Waals surface area contributed by atoms with Crippen molar-refractivity contribution in [2.45, 2.75) is 12.8 Å². The molecule has 0 unspecified atom stereocenters. The largest absolute Gasteiger partial charge is 0.497 e. The van der Waals surface area contributed by atoms with Crippen molar-refractivity contribution < 1.29 is 22.7 Å². The van der Waals surface area contributed by atoms with Crippen LogP contribution in [0.5, 0.6) is 5.75 Å². The molecule has 126 valence electrons. The lowest BCUT2D eigenvalue weighted by Gasteiger charge is -2.20. The van der Waals surface area contributed by atoms with Crippen molar-refractivity contribution in [2.24, 2.45) is 4.36 Å². The summed E-state index contributed by atoms with van der Waals surface area (Å²) in [5, 5.41) is 2.39. The van der Waals surface area contributed by atoms with E-state index < -0.39 is 16.5 Å². The molecule has 0 saturated heterocycles. The molecular formula is C14H19N3O5S. The number of ether oxygens (including phenoxy) is 1. The molecule has 0 bridgehead atoms. The highest BCUT2D eigenvalue weighted by Crippen LogP contribution is 2.12. The van der Waals surface area contributed by atoms with Gasteiger partial charge < -0.3 is 10.1 Å². The van der Waals surface area contributed by atoms with Crippen molar-refractivity contribution >= 4 is 22.4 Å². The fourth-order valence-electron chi connectivity index (χ4n) is 1.86. The van der Waals surface area contributed by atoms with Crippen molar-refractivity contribution in [3.8, 4) is 5.75 Å². The number of benzene rings is 1. The fraction of sp³-hybridized carbons (Fsp3) is 0.429. The molecule has 1 N–H and O–H groups in total. The monoisotopic (exact) mass is 341 g/mol. The van der Waals surface area contributed by atoms with E-state index in [-0.39, 0.29) is 31.8 Å². The number of urea groups is 1. The Bertz CT molecular complexity index is 662. The molecule has 8 nitrogen and oxygen atoms in total. The third kappa shape index (κ3) is 6.47. The molecule has 1 aromatic rings. The average Bonchev–Trinajstić information content (AvgIpc) is 2.54. The van der Waals surface area contributed by atoms with Gasteiger partial charge >= 0.3 is 16.5 Å². The van der Waals surface area contributed by atoms with Gasteiger partial charge in [-0.2, -0.15) is 12.8 Å². The Hall–Kier alpha value is -2.42. The predicted molar refractivity (Wildman–Crippen MR) is 83.7 cm³/mol. The second-order valence-electron chi connectivity index (χ2n) is 4.55. The maximum atomic E-state index is 12.3. The first-order chi connectivity index (χ1) is 11.0. The predicted octanol–water partition coefficient (Wildman–Crippen LogP) is 0.858. The van der Waals surface area contributed by atoms with Crippen LogP contribution in [0.1, 0.15) is 12.0 Å².